The fraction of sp³-hybridized carbons (Fsp3) is 0.632. The fourth-order valence-corrected chi connectivity index (χ4v) is 3.70. The molecule has 1 aromatic carbocycles. The van der Waals surface area contributed by atoms with Crippen molar-refractivity contribution in [2.24, 2.45) is 5.92 Å². The van der Waals surface area contributed by atoms with E-state index in [1.807, 2.05) is 12.1 Å². The van der Waals surface area contributed by atoms with Crippen LogP contribution in [0.15, 0.2) is 18.2 Å². The van der Waals surface area contributed by atoms with Crippen LogP contribution in [0.4, 0.5) is 0 Å². The lowest BCUT2D eigenvalue weighted by Crippen LogP contribution is -2.21. The molecule has 1 aliphatic rings. The molecule has 0 atom stereocenters. The first-order valence-corrected chi connectivity index (χ1v) is 9.87. The highest BCUT2D eigenvalue weighted by molar-refractivity contribution is 7.42. The van der Waals surface area contributed by atoms with Gasteiger partial charge >= 0.3 is 14.6 Å². The zero-order chi connectivity index (χ0) is 18.4. The number of benzene rings is 1. The molecular formula is C19H29O5P. The molecule has 0 aliphatic carbocycles. The summed E-state index contributed by atoms with van der Waals surface area (Å²) in [6.07, 6.45) is 2.07. The molecule has 6 heteroatoms. The predicted molar refractivity (Wildman–Crippen MR) is 98.7 cm³/mol. The summed E-state index contributed by atoms with van der Waals surface area (Å²) >= 11 is 0. The Morgan fingerprint density at radius 3 is 2.52 bits per heavy atom. The van der Waals surface area contributed by atoms with E-state index in [0.717, 1.165) is 23.3 Å². The Morgan fingerprint density at radius 2 is 1.96 bits per heavy atom. The minimum absolute atomic E-state index is 0.0896. The van der Waals surface area contributed by atoms with Gasteiger partial charge in [-0.3, -0.25) is 4.79 Å². The van der Waals surface area contributed by atoms with Crippen LogP contribution in [0.5, 0.6) is 5.75 Å². The normalized spacial score (nSPS) is 21.0. The van der Waals surface area contributed by atoms with Gasteiger partial charge in [0.2, 0.25) is 0 Å². The molecule has 1 aromatic rings. The molecule has 1 aliphatic heterocycles. The molecule has 0 N–H and O–H groups in total. The van der Waals surface area contributed by atoms with E-state index in [0.29, 0.717) is 32.0 Å². The zero-order valence-corrected chi connectivity index (χ0v) is 16.7. The Morgan fingerprint density at radius 1 is 1.28 bits per heavy atom. The third kappa shape index (κ3) is 5.95. The van der Waals surface area contributed by atoms with Gasteiger partial charge in [0.05, 0.1) is 20.3 Å². The predicted octanol–water partition coefficient (Wildman–Crippen LogP) is 4.77. The van der Waals surface area contributed by atoms with Crippen molar-refractivity contribution < 1.29 is 23.1 Å². The van der Waals surface area contributed by atoms with Crippen LogP contribution in [-0.2, 0) is 30.4 Å². The van der Waals surface area contributed by atoms with Crippen molar-refractivity contribution in [3.63, 3.8) is 0 Å². The van der Waals surface area contributed by atoms with Crippen LogP contribution in [0.3, 0.4) is 0 Å². The number of esters is 1. The average molecular weight is 368 g/mol. The third-order valence-electron chi connectivity index (χ3n) is 4.28. The summed E-state index contributed by atoms with van der Waals surface area (Å²) in [5.74, 6) is 1.04. The Balaban J connectivity index is 2.10. The number of carbonyl (C=O) groups is 1. The number of hydrogen-bond donors (Lipinski definition) is 0. The van der Waals surface area contributed by atoms with Gasteiger partial charge in [-0.25, -0.2) is 0 Å². The van der Waals surface area contributed by atoms with Gasteiger partial charge in [0.1, 0.15) is 5.75 Å². The van der Waals surface area contributed by atoms with Crippen LogP contribution in [0.1, 0.15) is 51.7 Å². The molecule has 0 aromatic heterocycles. The Labute approximate surface area is 152 Å². The van der Waals surface area contributed by atoms with Crippen molar-refractivity contribution in [2.75, 3.05) is 20.3 Å². The summed E-state index contributed by atoms with van der Waals surface area (Å²) in [7, 11) is 0.0637. The van der Waals surface area contributed by atoms with Crippen LogP contribution in [-0.4, -0.2) is 26.3 Å². The first-order valence-electron chi connectivity index (χ1n) is 8.77. The minimum Gasteiger partial charge on any atom is -0.469 e. The second kappa shape index (κ2) is 8.98. The summed E-state index contributed by atoms with van der Waals surface area (Å²) in [6.45, 7) is 9.93. The Bertz CT molecular complexity index is 574. The topological polar surface area (TPSA) is 54.0 Å². The van der Waals surface area contributed by atoms with Crippen LogP contribution in [0.25, 0.3) is 0 Å². The number of carbonyl (C=O) groups excluding carboxylic acids is 1. The highest BCUT2D eigenvalue weighted by Gasteiger charge is 2.27. The molecular weight excluding hydrogens is 339 g/mol. The van der Waals surface area contributed by atoms with Crippen LogP contribution >= 0.6 is 8.60 Å². The number of ether oxygens (including phenoxy) is 1. The van der Waals surface area contributed by atoms with Crippen LogP contribution in [0.2, 0.25) is 0 Å². The van der Waals surface area contributed by atoms with Crippen molar-refractivity contribution in [1.82, 2.24) is 0 Å². The van der Waals surface area contributed by atoms with E-state index in [2.05, 4.69) is 33.8 Å². The Hall–Kier alpha value is -1.16. The van der Waals surface area contributed by atoms with Gasteiger partial charge in [0, 0.05) is 17.9 Å². The summed E-state index contributed by atoms with van der Waals surface area (Å²) in [5, 5.41) is 0. The van der Waals surface area contributed by atoms with E-state index in [9.17, 15) is 4.79 Å². The quantitative estimate of drug-likeness (QED) is 0.535. The third-order valence-corrected chi connectivity index (χ3v) is 5.34. The first kappa shape index (κ1) is 20.2. The molecule has 0 saturated carbocycles. The van der Waals surface area contributed by atoms with Crippen LogP contribution < -0.4 is 4.52 Å². The lowest BCUT2D eigenvalue weighted by molar-refractivity contribution is -0.140. The summed E-state index contributed by atoms with van der Waals surface area (Å²) in [6, 6.07) is 6.04. The van der Waals surface area contributed by atoms with Gasteiger partial charge in [-0.1, -0.05) is 39.8 Å². The van der Waals surface area contributed by atoms with Gasteiger partial charge < -0.3 is 18.3 Å². The molecule has 0 unspecified atom stereocenters. The van der Waals surface area contributed by atoms with Crippen molar-refractivity contribution in [2.45, 2.75) is 52.4 Å². The molecule has 25 heavy (non-hydrogen) atoms. The number of methoxy groups -OCH3 is 1. The fourth-order valence-electron chi connectivity index (χ4n) is 2.53. The van der Waals surface area contributed by atoms with Gasteiger partial charge in [-0.05, 0) is 29.9 Å². The standard InChI is InChI=1S/C19H29O5P/c1-6-14-12-22-25(23-13-14)24-17-9-7-15(8-10-18(20)21-5)11-16(17)19(2,3)4/h7,9,11,14H,6,8,10,12-13H2,1-5H3. The first-order chi connectivity index (χ1) is 11.8. The van der Waals surface area contributed by atoms with E-state index in [4.69, 9.17) is 18.3 Å². The molecule has 1 fully saturated rings. The minimum atomic E-state index is -1.35. The highest BCUT2D eigenvalue weighted by Crippen LogP contribution is 2.47. The summed E-state index contributed by atoms with van der Waals surface area (Å²) < 4.78 is 22.2. The average Bonchev–Trinajstić information content (AvgIpc) is 2.60. The molecule has 1 saturated heterocycles. The molecule has 1 heterocycles. The maximum atomic E-state index is 11.4. The van der Waals surface area contributed by atoms with Gasteiger partial charge in [0.25, 0.3) is 0 Å². The summed E-state index contributed by atoms with van der Waals surface area (Å²) in [5.41, 5.74) is 2.09. The van der Waals surface area contributed by atoms with Gasteiger partial charge in [-0.2, -0.15) is 0 Å². The second-order valence-corrected chi connectivity index (χ2v) is 8.48. The van der Waals surface area contributed by atoms with E-state index in [1.165, 1.54) is 7.11 Å². The number of aryl methyl sites for hydroxylation is 1. The number of hydrogen-bond acceptors (Lipinski definition) is 5. The van der Waals surface area contributed by atoms with Crippen molar-refractivity contribution in [3.05, 3.63) is 29.3 Å². The smallest absolute Gasteiger partial charge is 0.397 e. The molecule has 0 amide bonds. The van der Waals surface area contributed by atoms with Gasteiger partial charge in [0.15, 0.2) is 0 Å². The van der Waals surface area contributed by atoms with Crippen molar-refractivity contribution in [3.8, 4) is 5.75 Å². The maximum absolute atomic E-state index is 11.4. The highest BCUT2D eigenvalue weighted by atomic mass is 31.2. The monoisotopic (exact) mass is 368 g/mol. The van der Waals surface area contributed by atoms with Crippen LogP contribution in [0, 0.1) is 5.92 Å². The molecule has 5 nitrogen and oxygen atoms in total. The van der Waals surface area contributed by atoms with Gasteiger partial charge in [-0.15, -0.1) is 0 Å². The van der Waals surface area contributed by atoms with E-state index < -0.39 is 8.60 Å². The van der Waals surface area contributed by atoms with Crippen molar-refractivity contribution in [1.29, 1.82) is 0 Å². The zero-order valence-electron chi connectivity index (χ0n) is 15.8. The van der Waals surface area contributed by atoms with E-state index >= 15 is 0 Å². The van der Waals surface area contributed by atoms with Crippen molar-refractivity contribution >= 4 is 14.6 Å². The molecule has 0 radical (unpaired) electrons. The molecule has 140 valence electrons. The summed E-state index contributed by atoms with van der Waals surface area (Å²) in [4.78, 5) is 11.4. The van der Waals surface area contributed by atoms with E-state index in [1.54, 1.807) is 0 Å². The number of rotatable bonds is 6. The molecule has 2 rings (SSSR count). The lowest BCUT2D eigenvalue weighted by Gasteiger charge is -2.29. The SMILES string of the molecule is CCC1COP(Oc2ccc(CCC(=O)OC)cc2C(C)(C)C)OC1. The largest absolute Gasteiger partial charge is 0.469 e. The Kier molecular flexibility index (Phi) is 7.24. The lowest BCUT2D eigenvalue weighted by atomic mass is 9.85. The molecule has 0 spiro atoms. The second-order valence-electron chi connectivity index (χ2n) is 7.34. The maximum Gasteiger partial charge on any atom is 0.397 e. The molecule has 0 bridgehead atoms. The van der Waals surface area contributed by atoms with E-state index in [-0.39, 0.29) is 11.4 Å².